The summed E-state index contributed by atoms with van der Waals surface area (Å²) in [6.07, 6.45) is 1.66. The molecule has 19 heavy (non-hydrogen) atoms. The number of rotatable bonds is 4. The summed E-state index contributed by atoms with van der Waals surface area (Å²) in [7, 11) is 1.69. The molecule has 100 valence electrons. The van der Waals surface area contributed by atoms with E-state index in [9.17, 15) is 0 Å². The Balaban J connectivity index is 2.55. The molecule has 2 rings (SSSR count). The van der Waals surface area contributed by atoms with Gasteiger partial charge in [0.2, 0.25) is 0 Å². The average molecular weight is 257 g/mol. The predicted molar refractivity (Wildman–Crippen MR) is 75.4 cm³/mol. The second kappa shape index (κ2) is 5.80. The third kappa shape index (κ3) is 2.74. The van der Waals surface area contributed by atoms with Crippen LogP contribution in [0.2, 0.25) is 0 Å². The topological polar surface area (TPSA) is 61.0 Å². The fourth-order valence-electron chi connectivity index (χ4n) is 2.43. The van der Waals surface area contributed by atoms with Gasteiger partial charge in [0, 0.05) is 24.2 Å². The molecule has 0 aliphatic rings. The van der Waals surface area contributed by atoms with Crippen LogP contribution in [0.15, 0.2) is 30.5 Å². The molecule has 1 unspecified atom stereocenters. The summed E-state index contributed by atoms with van der Waals surface area (Å²) in [4.78, 5) is 0. The van der Waals surface area contributed by atoms with Crippen molar-refractivity contribution in [2.24, 2.45) is 5.73 Å². The lowest BCUT2D eigenvalue weighted by Crippen LogP contribution is -2.17. The number of aryl methyl sites for hydroxylation is 2. The van der Waals surface area contributed by atoms with Crippen molar-refractivity contribution in [3.05, 3.63) is 52.8 Å². The Morgan fingerprint density at radius 3 is 2.68 bits per heavy atom. The number of ether oxygens (including phenoxy) is 1. The van der Waals surface area contributed by atoms with E-state index in [1.807, 2.05) is 19.1 Å². The highest BCUT2D eigenvalue weighted by Crippen LogP contribution is 2.33. The van der Waals surface area contributed by atoms with E-state index in [0.29, 0.717) is 6.54 Å². The molecule has 2 aromatic rings. The highest BCUT2D eigenvalue weighted by molar-refractivity contribution is 5.48. The Kier molecular flexibility index (Phi) is 4.12. The van der Waals surface area contributed by atoms with Crippen molar-refractivity contribution in [1.82, 2.24) is 10.2 Å². The van der Waals surface area contributed by atoms with Crippen LogP contribution in [0.5, 0.6) is 5.75 Å². The van der Waals surface area contributed by atoms with Gasteiger partial charge in [-0.05, 0) is 31.5 Å². The first-order valence-electron chi connectivity index (χ1n) is 6.30. The quantitative estimate of drug-likeness (QED) is 0.912. The molecule has 0 saturated heterocycles. The standard InChI is InChI=1S/C15H19N3O/c1-10-7-11(2)15(19-3)12(8-10)13(9-16)14-5-4-6-17-18-14/h4-8,13H,9,16H2,1-3H3. The second-order valence-electron chi connectivity index (χ2n) is 4.64. The Labute approximate surface area is 113 Å². The lowest BCUT2D eigenvalue weighted by atomic mass is 9.91. The molecule has 1 atom stereocenters. The maximum Gasteiger partial charge on any atom is 0.125 e. The van der Waals surface area contributed by atoms with Crippen molar-refractivity contribution in [2.45, 2.75) is 19.8 Å². The number of methoxy groups -OCH3 is 1. The van der Waals surface area contributed by atoms with Crippen molar-refractivity contribution in [3.8, 4) is 5.75 Å². The molecule has 0 aliphatic carbocycles. The van der Waals surface area contributed by atoms with Crippen LogP contribution in [-0.4, -0.2) is 23.9 Å². The number of benzene rings is 1. The van der Waals surface area contributed by atoms with E-state index in [1.54, 1.807) is 13.3 Å². The van der Waals surface area contributed by atoms with Gasteiger partial charge >= 0.3 is 0 Å². The summed E-state index contributed by atoms with van der Waals surface area (Å²) >= 11 is 0. The second-order valence-corrected chi connectivity index (χ2v) is 4.64. The molecule has 0 amide bonds. The van der Waals surface area contributed by atoms with Crippen LogP contribution in [0.25, 0.3) is 0 Å². The minimum absolute atomic E-state index is 0.00208. The van der Waals surface area contributed by atoms with Crippen molar-refractivity contribution in [2.75, 3.05) is 13.7 Å². The Morgan fingerprint density at radius 1 is 1.32 bits per heavy atom. The molecular weight excluding hydrogens is 238 g/mol. The van der Waals surface area contributed by atoms with Gasteiger partial charge in [-0.2, -0.15) is 10.2 Å². The first-order valence-corrected chi connectivity index (χ1v) is 6.30. The smallest absolute Gasteiger partial charge is 0.125 e. The number of hydrogen-bond acceptors (Lipinski definition) is 4. The molecule has 0 saturated carbocycles. The molecular formula is C15H19N3O. The maximum atomic E-state index is 5.94. The fraction of sp³-hybridized carbons (Fsp3) is 0.333. The van der Waals surface area contributed by atoms with Gasteiger partial charge in [-0.1, -0.05) is 17.7 Å². The van der Waals surface area contributed by atoms with E-state index in [-0.39, 0.29) is 5.92 Å². The van der Waals surface area contributed by atoms with Crippen LogP contribution in [-0.2, 0) is 0 Å². The first-order chi connectivity index (χ1) is 9.17. The number of nitrogens with zero attached hydrogens (tertiary/aromatic N) is 2. The van der Waals surface area contributed by atoms with Gasteiger partial charge in [0.25, 0.3) is 0 Å². The van der Waals surface area contributed by atoms with Crippen molar-refractivity contribution < 1.29 is 4.74 Å². The zero-order valence-electron chi connectivity index (χ0n) is 11.6. The molecule has 1 aromatic heterocycles. The van der Waals surface area contributed by atoms with Crippen LogP contribution in [0.3, 0.4) is 0 Å². The molecule has 4 heteroatoms. The molecule has 0 fully saturated rings. The number of nitrogens with two attached hydrogens (primary N) is 1. The van der Waals surface area contributed by atoms with E-state index >= 15 is 0 Å². The van der Waals surface area contributed by atoms with Crippen LogP contribution in [0.4, 0.5) is 0 Å². The minimum atomic E-state index is 0.00208. The van der Waals surface area contributed by atoms with Crippen molar-refractivity contribution in [1.29, 1.82) is 0 Å². The summed E-state index contributed by atoms with van der Waals surface area (Å²) in [5.74, 6) is 0.883. The zero-order chi connectivity index (χ0) is 13.8. The van der Waals surface area contributed by atoms with Crippen LogP contribution < -0.4 is 10.5 Å². The van der Waals surface area contributed by atoms with E-state index < -0.39 is 0 Å². The predicted octanol–water partition coefficient (Wildman–Crippen LogP) is 2.19. The summed E-state index contributed by atoms with van der Waals surface area (Å²) in [6, 6.07) is 8.03. The third-order valence-corrected chi connectivity index (χ3v) is 3.21. The van der Waals surface area contributed by atoms with E-state index in [1.165, 1.54) is 5.56 Å². The summed E-state index contributed by atoms with van der Waals surface area (Å²) < 4.78 is 5.53. The number of hydrogen-bond donors (Lipinski definition) is 1. The Bertz CT molecular complexity index is 555. The minimum Gasteiger partial charge on any atom is -0.496 e. The average Bonchev–Trinajstić information content (AvgIpc) is 2.40. The first kappa shape index (κ1) is 13.5. The maximum absolute atomic E-state index is 5.94. The Hall–Kier alpha value is -1.94. The van der Waals surface area contributed by atoms with Crippen molar-refractivity contribution >= 4 is 0 Å². The van der Waals surface area contributed by atoms with Gasteiger partial charge in [0.1, 0.15) is 5.75 Å². The van der Waals surface area contributed by atoms with Crippen LogP contribution in [0.1, 0.15) is 28.3 Å². The molecule has 0 bridgehead atoms. The fourth-order valence-corrected chi connectivity index (χ4v) is 2.43. The van der Waals surface area contributed by atoms with Crippen LogP contribution in [0, 0.1) is 13.8 Å². The van der Waals surface area contributed by atoms with Crippen molar-refractivity contribution in [3.63, 3.8) is 0 Å². The Morgan fingerprint density at radius 2 is 2.11 bits per heavy atom. The molecule has 1 heterocycles. The normalized spacial score (nSPS) is 12.2. The van der Waals surface area contributed by atoms with Gasteiger partial charge in [-0.25, -0.2) is 0 Å². The van der Waals surface area contributed by atoms with E-state index in [4.69, 9.17) is 10.5 Å². The molecule has 1 aromatic carbocycles. The van der Waals surface area contributed by atoms with Gasteiger partial charge < -0.3 is 10.5 Å². The van der Waals surface area contributed by atoms with E-state index in [2.05, 4.69) is 29.3 Å². The monoisotopic (exact) mass is 257 g/mol. The van der Waals surface area contributed by atoms with Crippen LogP contribution >= 0.6 is 0 Å². The molecule has 0 spiro atoms. The molecule has 0 radical (unpaired) electrons. The molecule has 2 N–H and O–H groups in total. The van der Waals surface area contributed by atoms with E-state index in [0.717, 1.165) is 22.6 Å². The van der Waals surface area contributed by atoms with Gasteiger partial charge in [-0.15, -0.1) is 0 Å². The summed E-state index contributed by atoms with van der Waals surface area (Å²) in [6.45, 7) is 4.58. The largest absolute Gasteiger partial charge is 0.496 e. The highest BCUT2D eigenvalue weighted by atomic mass is 16.5. The third-order valence-electron chi connectivity index (χ3n) is 3.21. The molecule has 4 nitrogen and oxygen atoms in total. The summed E-state index contributed by atoms with van der Waals surface area (Å²) in [5, 5.41) is 8.11. The zero-order valence-corrected chi connectivity index (χ0v) is 11.6. The highest BCUT2D eigenvalue weighted by Gasteiger charge is 2.20. The molecule has 0 aliphatic heterocycles. The van der Waals surface area contributed by atoms with Gasteiger partial charge in [0.05, 0.1) is 12.8 Å². The lowest BCUT2D eigenvalue weighted by molar-refractivity contribution is 0.404. The SMILES string of the molecule is COc1c(C)cc(C)cc1C(CN)c1cccnn1. The lowest BCUT2D eigenvalue weighted by Gasteiger charge is -2.19. The summed E-state index contributed by atoms with van der Waals surface area (Å²) in [5.41, 5.74) is 10.2. The van der Waals surface area contributed by atoms with Gasteiger partial charge in [-0.3, -0.25) is 0 Å². The number of aromatic nitrogens is 2. The van der Waals surface area contributed by atoms with Gasteiger partial charge in [0.15, 0.2) is 0 Å².